The molecule has 0 bridgehead atoms. The van der Waals surface area contributed by atoms with Crippen LogP contribution in [0.3, 0.4) is 0 Å². The molecule has 0 spiro atoms. The van der Waals surface area contributed by atoms with E-state index in [9.17, 15) is 9.18 Å². The van der Waals surface area contributed by atoms with Gasteiger partial charge < -0.3 is 4.74 Å². The Morgan fingerprint density at radius 2 is 2.00 bits per heavy atom. The molecule has 2 aromatic carbocycles. The first kappa shape index (κ1) is 17.4. The van der Waals surface area contributed by atoms with Crippen LogP contribution in [0.1, 0.15) is 28.9 Å². The normalized spacial score (nSPS) is 9.90. The zero-order chi connectivity index (χ0) is 14.7. The van der Waals surface area contributed by atoms with Crippen molar-refractivity contribution in [2.24, 2.45) is 0 Å². The lowest BCUT2D eigenvalue weighted by Crippen LogP contribution is -2.07. The number of ether oxygens (including phenoxy) is 1. The number of carbonyl (C=O) groups excluding carboxylic acids is 1. The number of aryl methyl sites for hydroxylation is 1. The minimum atomic E-state index is -0.567. The van der Waals surface area contributed by atoms with Gasteiger partial charge in [-0.3, -0.25) is 4.79 Å². The van der Waals surface area contributed by atoms with Crippen molar-refractivity contribution in [1.29, 1.82) is 0 Å². The van der Waals surface area contributed by atoms with E-state index in [2.05, 4.69) is 15.9 Å². The van der Waals surface area contributed by atoms with E-state index in [4.69, 9.17) is 4.74 Å². The Hall–Kier alpha value is -1.68. The van der Waals surface area contributed by atoms with Gasteiger partial charge in [0, 0.05) is 12.5 Å². The van der Waals surface area contributed by atoms with Crippen LogP contribution in [0.15, 0.2) is 40.9 Å². The third-order valence-corrected chi connectivity index (χ3v) is 3.61. The zero-order valence-electron chi connectivity index (χ0n) is 11.2. The Morgan fingerprint density at radius 3 is 2.62 bits per heavy atom. The molecule has 0 amide bonds. The molecule has 0 atom stereocenters. The summed E-state index contributed by atoms with van der Waals surface area (Å²) in [6.45, 7) is 1.96. The first-order valence-electron chi connectivity index (χ1n) is 6.13. The largest absolute Gasteiger partial charge is 0.495 e. The van der Waals surface area contributed by atoms with Crippen LogP contribution in [0, 0.1) is 12.7 Å². The smallest absolute Gasteiger partial charge is 0.170 e. The second-order valence-corrected chi connectivity index (χ2v) is 5.41. The van der Waals surface area contributed by atoms with Crippen molar-refractivity contribution >= 4 is 21.7 Å². The lowest BCUT2D eigenvalue weighted by Gasteiger charge is -2.08. The minimum absolute atomic E-state index is 0. The van der Waals surface area contributed by atoms with Gasteiger partial charge in [-0.15, -0.1) is 0 Å². The molecule has 0 N–H and O–H groups in total. The monoisotopic (exact) mass is 352 g/mol. The van der Waals surface area contributed by atoms with Gasteiger partial charge in [-0.2, -0.15) is 0 Å². The van der Waals surface area contributed by atoms with Crippen molar-refractivity contribution in [2.75, 3.05) is 7.11 Å². The minimum Gasteiger partial charge on any atom is -0.495 e. The predicted octanol–water partition coefficient (Wildman–Crippen LogP) is 4.97. The number of carbonyl (C=O) groups is 1. The highest BCUT2D eigenvalue weighted by Gasteiger charge is 2.16. The summed E-state index contributed by atoms with van der Waals surface area (Å²) < 4.78 is 19.5. The molecule has 0 fully saturated rings. The number of hydrogen-bond acceptors (Lipinski definition) is 2. The molecule has 0 saturated heterocycles. The van der Waals surface area contributed by atoms with Crippen LogP contribution in [-0.4, -0.2) is 12.9 Å². The number of halogens is 2. The van der Waals surface area contributed by atoms with Crippen LogP contribution in [0.25, 0.3) is 0 Å². The van der Waals surface area contributed by atoms with Crippen LogP contribution in [0.5, 0.6) is 5.75 Å². The fourth-order valence-electron chi connectivity index (χ4n) is 2.00. The van der Waals surface area contributed by atoms with Crippen molar-refractivity contribution in [3.8, 4) is 5.75 Å². The van der Waals surface area contributed by atoms with Crippen LogP contribution < -0.4 is 4.74 Å². The molecule has 2 nitrogen and oxygen atoms in total. The van der Waals surface area contributed by atoms with Crippen molar-refractivity contribution in [2.45, 2.75) is 20.8 Å². The number of ketones is 1. The van der Waals surface area contributed by atoms with E-state index in [1.807, 2.05) is 31.2 Å². The fourth-order valence-corrected chi connectivity index (χ4v) is 2.51. The lowest BCUT2D eigenvalue weighted by atomic mass is 10.0. The summed E-state index contributed by atoms with van der Waals surface area (Å²) in [4.78, 5) is 12.2. The SMILES string of the molecule is C.COc1cc(F)c(C(=O)Cc2cccc(C)c2)cc1Br. The van der Waals surface area contributed by atoms with E-state index < -0.39 is 5.82 Å². The molecule has 0 heterocycles. The van der Waals surface area contributed by atoms with E-state index in [1.165, 1.54) is 19.2 Å². The quantitative estimate of drug-likeness (QED) is 0.726. The lowest BCUT2D eigenvalue weighted by molar-refractivity contribution is 0.0989. The molecule has 0 unspecified atom stereocenters. The van der Waals surface area contributed by atoms with Crippen LogP contribution >= 0.6 is 15.9 Å². The second kappa shape index (κ2) is 7.36. The molecule has 112 valence electrons. The van der Waals surface area contributed by atoms with Gasteiger partial charge in [-0.05, 0) is 34.5 Å². The van der Waals surface area contributed by atoms with Crippen molar-refractivity contribution in [3.63, 3.8) is 0 Å². The van der Waals surface area contributed by atoms with E-state index >= 15 is 0 Å². The third kappa shape index (κ3) is 4.14. The van der Waals surface area contributed by atoms with Crippen LogP contribution in [-0.2, 0) is 6.42 Å². The van der Waals surface area contributed by atoms with E-state index in [1.54, 1.807) is 0 Å². The maximum Gasteiger partial charge on any atom is 0.170 e. The molecule has 0 radical (unpaired) electrons. The summed E-state index contributed by atoms with van der Waals surface area (Å²) in [5.74, 6) is -0.450. The Bertz CT molecular complexity index is 653. The molecule has 0 aliphatic rings. The first-order chi connectivity index (χ1) is 9.51. The van der Waals surface area contributed by atoms with Gasteiger partial charge in [-0.25, -0.2) is 4.39 Å². The Kier molecular flexibility index (Phi) is 6.09. The average molecular weight is 353 g/mol. The number of hydrogen-bond donors (Lipinski definition) is 0. The summed E-state index contributed by atoms with van der Waals surface area (Å²) in [7, 11) is 1.45. The maximum absolute atomic E-state index is 13.9. The molecule has 0 saturated carbocycles. The molecule has 21 heavy (non-hydrogen) atoms. The van der Waals surface area contributed by atoms with Crippen molar-refractivity contribution < 1.29 is 13.9 Å². The number of methoxy groups -OCH3 is 1. The van der Waals surface area contributed by atoms with Crippen LogP contribution in [0.4, 0.5) is 4.39 Å². The number of Topliss-reactive ketones (excluding diaryl/α,β-unsaturated/α-hetero) is 1. The fraction of sp³-hybridized carbons (Fsp3) is 0.235. The zero-order valence-corrected chi connectivity index (χ0v) is 12.8. The standard InChI is InChI=1S/C16H14BrFO2.CH4/c1-10-4-3-5-11(6-10)7-15(19)12-8-13(17)16(20-2)9-14(12)18;/h3-6,8-9H,7H2,1-2H3;1H4. The molecule has 2 rings (SSSR count). The highest BCUT2D eigenvalue weighted by molar-refractivity contribution is 9.10. The van der Waals surface area contributed by atoms with Gasteiger partial charge in [0.05, 0.1) is 17.1 Å². The number of benzene rings is 2. The Labute approximate surface area is 133 Å². The van der Waals surface area contributed by atoms with Gasteiger partial charge in [0.2, 0.25) is 0 Å². The first-order valence-corrected chi connectivity index (χ1v) is 6.92. The third-order valence-electron chi connectivity index (χ3n) is 2.99. The summed E-state index contributed by atoms with van der Waals surface area (Å²) in [6, 6.07) is 10.3. The molecule has 2 aromatic rings. The highest BCUT2D eigenvalue weighted by atomic mass is 79.9. The predicted molar refractivity (Wildman–Crippen MR) is 86.6 cm³/mol. The van der Waals surface area contributed by atoms with Gasteiger partial charge in [-0.1, -0.05) is 37.3 Å². The molecule has 4 heteroatoms. The van der Waals surface area contributed by atoms with Crippen LogP contribution in [0.2, 0.25) is 0 Å². The summed E-state index contributed by atoms with van der Waals surface area (Å²) in [5.41, 5.74) is 2.02. The van der Waals surface area contributed by atoms with E-state index in [0.717, 1.165) is 11.1 Å². The Balaban J connectivity index is 0.00000220. The topological polar surface area (TPSA) is 26.3 Å². The van der Waals surface area contributed by atoms with Crippen molar-refractivity contribution in [3.05, 3.63) is 63.4 Å². The molecule has 0 aliphatic heterocycles. The molecular formula is C17H18BrFO2. The van der Waals surface area contributed by atoms with E-state index in [-0.39, 0.29) is 25.2 Å². The van der Waals surface area contributed by atoms with Gasteiger partial charge in [0.15, 0.2) is 5.78 Å². The molecule has 0 aliphatic carbocycles. The van der Waals surface area contributed by atoms with E-state index in [0.29, 0.717) is 10.2 Å². The van der Waals surface area contributed by atoms with Gasteiger partial charge in [0.25, 0.3) is 0 Å². The van der Waals surface area contributed by atoms with Crippen molar-refractivity contribution in [1.82, 2.24) is 0 Å². The second-order valence-electron chi connectivity index (χ2n) is 4.56. The summed E-state index contributed by atoms with van der Waals surface area (Å²) >= 11 is 3.26. The van der Waals surface area contributed by atoms with Gasteiger partial charge >= 0.3 is 0 Å². The summed E-state index contributed by atoms with van der Waals surface area (Å²) in [6.07, 6.45) is 0.178. The van der Waals surface area contributed by atoms with Gasteiger partial charge in [0.1, 0.15) is 11.6 Å². The summed E-state index contributed by atoms with van der Waals surface area (Å²) in [5, 5.41) is 0. The highest BCUT2D eigenvalue weighted by Crippen LogP contribution is 2.28. The molecular weight excluding hydrogens is 335 g/mol. The average Bonchev–Trinajstić information content (AvgIpc) is 2.40. The number of rotatable bonds is 4. The Morgan fingerprint density at radius 1 is 1.29 bits per heavy atom. The molecule has 0 aromatic heterocycles. The maximum atomic E-state index is 13.9.